The van der Waals surface area contributed by atoms with Crippen LogP contribution in [-0.2, 0) is 4.79 Å². The monoisotopic (exact) mass is 260 g/mol. The van der Waals surface area contributed by atoms with Crippen molar-refractivity contribution in [3.05, 3.63) is 0 Å². The number of hydrogen-bond donors (Lipinski definition) is 1. The first kappa shape index (κ1) is 13.8. The zero-order valence-electron chi connectivity index (χ0n) is 10.2. The van der Waals surface area contributed by atoms with Gasteiger partial charge in [0, 0.05) is 24.1 Å². The number of nitrogens with two attached hydrogens (primary N) is 1. The van der Waals surface area contributed by atoms with E-state index in [2.05, 4.69) is 6.92 Å². The summed E-state index contributed by atoms with van der Waals surface area (Å²) in [7, 11) is 0. The third kappa shape index (κ3) is 2.51. The molecule has 92 valence electrons. The maximum absolute atomic E-state index is 12.5. The Morgan fingerprint density at radius 3 is 2.75 bits per heavy atom. The normalized spacial score (nSPS) is 24.9. The van der Waals surface area contributed by atoms with Gasteiger partial charge in [0.2, 0.25) is 5.91 Å². The Morgan fingerprint density at radius 2 is 2.31 bits per heavy atom. The molecule has 1 heterocycles. The van der Waals surface area contributed by atoms with Crippen LogP contribution in [0.25, 0.3) is 0 Å². The van der Waals surface area contributed by atoms with E-state index < -0.39 is 5.41 Å². The van der Waals surface area contributed by atoms with Crippen LogP contribution in [0.4, 0.5) is 0 Å². The molecule has 0 aromatic carbocycles. The van der Waals surface area contributed by atoms with E-state index in [1.165, 1.54) is 0 Å². The highest BCUT2D eigenvalue weighted by molar-refractivity contribution is 7.99. The Labute approximate surface area is 107 Å². The zero-order chi connectivity index (χ0) is 12.3. The number of thioether (sulfide) groups is 1. The summed E-state index contributed by atoms with van der Waals surface area (Å²) in [6.07, 6.45) is 0.664. The molecule has 1 amide bonds. The molecule has 0 bridgehead atoms. The van der Waals surface area contributed by atoms with E-state index >= 15 is 0 Å². The van der Waals surface area contributed by atoms with Crippen molar-refractivity contribution >= 4 is 34.9 Å². The summed E-state index contributed by atoms with van der Waals surface area (Å²) in [6, 6.07) is 0.284. The molecule has 1 fully saturated rings. The van der Waals surface area contributed by atoms with E-state index in [4.69, 9.17) is 18.0 Å². The average Bonchev–Trinajstić information content (AvgIpc) is 2.27. The van der Waals surface area contributed by atoms with Crippen LogP contribution in [0.3, 0.4) is 0 Å². The van der Waals surface area contributed by atoms with Gasteiger partial charge in [0.15, 0.2) is 0 Å². The minimum atomic E-state index is -0.675. The van der Waals surface area contributed by atoms with Crippen molar-refractivity contribution in [2.75, 3.05) is 18.1 Å². The summed E-state index contributed by atoms with van der Waals surface area (Å²) in [4.78, 5) is 14.7. The Balaban J connectivity index is 2.86. The van der Waals surface area contributed by atoms with E-state index in [1.54, 1.807) is 0 Å². The lowest BCUT2D eigenvalue weighted by Gasteiger charge is -2.39. The van der Waals surface area contributed by atoms with Crippen LogP contribution in [-0.4, -0.2) is 39.9 Å². The number of carbonyl (C=O) groups is 1. The molecule has 0 aromatic rings. The van der Waals surface area contributed by atoms with E-state index in [0.29, 0.717) is 11.4 Å². The molecule has 1 saturated heterocycles. The third-order valence-corrected chi connectivity index (χ3v) is 4.99. The molecule has 2 unspecified atom stereocenters. The molecule has 0 spiro atoms. The summed E-state index contributed by atoms with van der Waals surface area (Å²) in [5, 5.41) is 0. The minimum absolute atomic E-state index is 0.0929. The fourth-order valence-corrected chi connectivity index (χ4v) is 3.02. The molecule has 2 N–H and O–H groups in total. The Hall–Kier alpha value is -0.290. The quantitative estimate of drug-likeness (QED) is 0.784. The van der Waals surface area contributed by atoms with Crippen molar-refractivity contribution in [2.24, 2.45) is 11.1 Å². The van der Waals surface area contributed by atoms with Crippen molar-refractivity contribution in [1.82, 2.24) is 4.90 Å². The smallest absolute Gasteiger partial charge is 0.235 e. The molecule has 0 aromatic heterocycles. The lowest BCUT2D eigenvalue weighted by atomic mass is 9.85. The summed E-state index contributed by atoms with van der Waals surface area (Å²) < 4.78 is 0. The second-order valence-corrected chi connectivity index (χ2v) is 6.06. The first-order valence-corrected chi connectivity index (χ1v) is 7.18. The van der Waals surface area contributed by atoms with E-state index in [9.17, 15) is 4.79 Å². The number of nitrogens with zero attached hydrogens (tertiary/aromatic N) is 1. The molecule has 2 atom stereocenters. The molecular weight excluding hydrogens is 240 g/mol. The second kappa shape index (κ2) is 5.36. The van der Waals surface area contributed by atoms with Gasteiger partial charge in [-0.1, -0.05) is 19.1 Å². The molecule has 0 aliphatic carbocycles. The fraction of sp³-hybridized carbons (Fsp3) is 0.818. The highest BCUT2D eigenvalue weighted by Crippen LogP contribution is 2.28. The molecule has 0 saturated carbocycles. The average molecular weight is 260 g/mol. The Bertz CT molecular complexity index is 296. The summed E-state index contributed by atoms with van der Waals surface area (Å²) in [5.74, 6) is 2.10. The SMILES string of the molecule is CCC(C)(C(=O)N1CCSCC1C)C(N)=S. The van der Waals surface area contributed by atoms with Crippen LogP contribution < -0.4 is 5.73 Å². The van der Waals surface area contributed by atoms with E-state index in [1.807, 2.05) is 30.5 Å². The van der Waals surface area contributed by atoms with Crippen molar-refractivity contribution in [2.45, 2.75) is 33.2 Å². The van der Waals surface area contributed by atoms with Crippen molar-refractivity contribution in [3.8, 4) is 0 Å². The molecule has 16 heavy (non-hydrogen) atoms. The van der Waals surface area contributed by atoms with Gasteiger partial charge >= 0.3 is 0 Å². The lowest BCUT2D eigenvalue weighted by molar-refractivity contribution is -0.139. The first-order valence-electron chi connectivity index (χ1n) is 5.62. The number of rotatable bonds is 3. The number of hydrogen-bond acceptors (Lipinski definition) is 3. The fourth-order valence-electron chi connectivity index (χ4n) is 1.78. The lowest BCUT2D eigenvalue weighted by Crippen LogP contribution is -2.54. The van der Waals surface area contributed by atoms with Crippen molar-refractivity contribution in [1.29, 1.82) is 0 Å². The van der Waals surface area contributed by atoms with Gasteiger partial charge in [-0.2, -0.15) is 11.8 Å². The van der Waals surface area contributed by atoms with E-state index in [-0.39, 0.29) is 11.9 Å². The predicted octanol–water partition coefficient (Wildman–Crippen LogP) is 1.65. The van der Waals surface area contributed by atoms with Crippen LogP contribution in [0.5, 0.6) is 0 Å². The van der Waals surface area contributed by atoms with Gasteiger partial charge in [0.25, 0.3) is 0 Å². The number of amides is 1. The van der Waals surface area contributed by atoms with Gasteiger partial charge < -0.3 is 10.6 Å². The van der Waals surface area contributed by atoms with Crippen molar-refractivity contribution < 1.29 is 4.79 Å². The zero-order valence-corrected chi connectivity index (χ0v) is 11.8. The minimum Gasteiger partial charge on any atom is -0.392 e. The van der Waals surface area contributed by atoms with Crippen LogP contribution in [0.1, 0.15) is 27.2 Å². The number of carbonyl (C=O) groups excluding carboxylic acids is 1. The van der Waals surface area contributed by atoms with Gasteiger partial charge in [0.1, 0.15) is 0 Å². The van der Waals surface area contributed by atoms with E-state index in [0.717, 1.165) is 18.1 Å². The Morgan fingerprint density at radius 1 is 1.69 bits per heavy atom. The summed E-state index contributed by atoms with van der Waals surface area (Å²) in [6.45, 7) is 6.70. The topological polar surface area (TPSA) is 46.3 Å². The maximum Gasteiger partial charge on any atom is 0.235 e. The van der Waals surface area contributed by atoms with Crippen LogP contribution >= 0.6 is 24.0 Å². The van der Waals surface area contributed by atoms with Gasteiger partial charge in [-0.15, -0.1) is 0 Å². The molecule has 1 aliphatic rings. The van der Waals surface area contributed by atoms with Gasteiger partial charge in [-0.25, -0.2) is 0 Å². The standard InChI is InChI=1S/C11H20N2OS2/c1-4-11(3,9(12)15)10(14)13-5-6-16-7-8(13)2/h8H,4-7H2,1-3H3,(H2,12,15). The maximum atomic E-state index is 12.5. The predicted molar refractivity (Wildman–Crippen MR) is 73.7 cm³/mol. The molecule has 1 aliphatic heterocycles. The largest absolute Gasteiger partial charge is 0.392 e. The summed E-state index contributed by atoms with van der Waals surface area (Å²) in [5.41, 5.74) is 5.04. The highest BCUT2D eigenvalue weighted by atomic mass is 32.2. The van der Waals surface area contributed by atoms with Gasteiger partial charge in [-0.3, -0.25) is 4.79 Å². The van der Waals surface area contributed by atoms with Crippen LogP contribution in [0.15, 0.2) is 0 Å². The second-order valence-electron chi connectivity index (χ2n) is 4.47. The van der Waals surface area contributed by atoms with Gasteiger partial charge in [0.05, 0.1) is 10.4 Å². The van der Waals surface area contributed by atoms with Gasteiger partial charge in [-0.05, 0) is 20.3 Å². The van der Waals surface area contributed by atoms with Crippen LogP contribution in [0, 0.1) is 5.41 Å². The van der Waals surface area contributed by atoms with Crippen molar-refractivity contribution in [3.63, 3.8) is 0 Å². The first-order chi connectivity index (χ1) is 7.43. The molecule has 0 radical (unpaired) electrons. The summed E-state index contributed by atoms with van der Waals surface area (Å²) >= 11 is 6.93. The molecule has 1 rings (SSSR count). The molecule has 5 heteroatoms. The molecule has 3 nitrogen and oxygen atoms in total. The Kier molecular flexibility index (Phi) is 4.62. The highest BCUT2D eigenvalue weighted by Gasteiger charge is 2.39. The third-order valence-electron chi connectivity index (χ3n) is 3.35. The van der Waals surface area contributed by atoms with Crippen LogP contribution in [0.2, 0.25) is 0 Å². The molecular formula is C11H20N2OS2. The number of thiocarbonyl (C=S) groups is 1.